The maximum atomic E-state index is 12.0. The highest BCUT2D eigenvalue weighted by Crippen LogP contribution is 2.26. The number of nitrogens with one attached hydrogen (secondary N) is 2. The number of urea groups is 1. The summed E-state index contributed by atoms with van der Waals surface area (Å²) >= 11 is 0. The lowest BCUT2D eigenvalue weighted by atomic mass is 9.84. The van der Waals surface area contributed by atoms with Gasteiger partial charge < -0.3 is 15.7 Å². The first-order valence-corrected chi connectivity index (χ1v) is 7.73. The molecule has 0 aliphatic heterocycles. The monoisotopic (exact) mass is 284 g/mol. The van der Waals surface area contributed by atoms with Crippen molar-refractivity contribution >= 4 is 12.0 Å². The van der Waals surface area contributed by atoms with Crippen molar-refractivity contribution in [3.05, 3.63) is 0 Å². The van der Waals surface area contributed by atoms with Crippen molar-refractivity contribution in [2.75, 3.05) is 0 Å². The molecule has 1 rings (SSSR count). The van der Waals surface area contributed by atoms with Crippen molar-refractivity contribution in [3.8, 4) is 0 Å². The van der Waals surface area contributed by atoms with E-state index in [1.807, 2.05) is 20.8 Å². The number of hydrogen-bond acceptors (Lipinski definition) is 2. The van der Waals surface area contributed by atoms with Crippen molar-refractivity contribution in [2.45, 2.75) is 77.3 Å². The molecule has 1 aliphatic rings. The summed E-state index contributed by atoms with van der Waals surface area (Å²) in [5, 5.41) is 14.9. The van der Waals surface area contributed by atoms with Crippen LogP contribution in [0, 0.1) is 5.92 Å². The van der Waals surface area contributed by atoms with Gasteiger partial charge in [0, 0.05) is 5.54 Å². The fraction of sp³-hybridized carbons (Fsp3) is 0.867. The molecule has 116 valence electrons. The number of carbonyl (C=O) groups is 2. The van der Waals surface area contributed by atoms with Crippen LogP contribution in [0.25, 0.3) is 0 Å². The van der Waals surface area contributed by atoms with E-state index >= 15 is 0 Å². The summed E-state index contributed by atoms with van der Waals surface area (Å²) in [6.45, 7) is 6.00. The van der Waals surface area contributed by atoms with Gasteiger partial charge in [-0.2, -0.15) is 0 Å². The summed E-state index contributed by atoms with van der Waals surface area (Å²) in [5.41, 5.74) is -0.278. The minimum Gasteiger partial charge on any atom is -0.480 e. The number of carboxylic acids is 1. The van der Waals surface area contributed by atoms with E-state index in [9.17, 15) is 14.7 Å². The van der Waals surface area contributed by atoms with E-state index in [0.29, 0.717) is 0 Å². The first kappa shape index (κ1) is 16.8. The Hall–Kier alpha value is -1.26. The first-order valence-electron chi connectivity index (χ1n) is 7.73. The van der Waals surface area contributed by atoms with E-state index in [2.05, 4.69) is 10.6 Å². The highest BCUT2D eigenvalue weighted by atomic mass is 16.4. The molecule has 1 atom stereocenters. The van der Waals surface area contributed by atoms with Gasteiger partial charge >= 0.3 is 12.0 Å². The van der Waals surface area contributed by atoms with Gasteiger partial charge in [0.15, 0.2) is 0 Å². The molecule has 0 aromatic rings. The van der Waals surface area contributed by atoms with Gasteiger partial charge in [-0.25, -0.2) is 9.59 Å². The lowest BCUT2D eigenvalue weighted by molar-refractivity contribution is -0.141. The number of carboxylic acid groups (broad SMARTS) is 1. The Kier molecular flexibility index (Phi) is 6.30. The third-order valence-corrected chi connectivity index (χ3v) is 4.65. The van der Waals surface area contributed by atoms with E-state index in [1.54, 1.807) is 0 Å². The van der Waals surface area contributed by atoms with Gasteiger partial charge in [-0.05, 0) is 38.5 Å². The Morgan fingerprint density at radius 3 is 2.20 bits per heavy atom. The standard InChI is InChI=1S/C15H28N2O3/c1-4-15(3,5-2)17-14(20)16-12(13(18)19)11-9-7-6-8-10-11/h11-12H,4-10H2,1-3H3,(H,18,19)(H2,16,17,20). The number of amides is 2. The summed E-state index contributed by atoms with van der Waals surface area (Å²) in [7, 11) is 0. The van der Waals surface area contributed by atoms with Crippen LogP contribution < -0.4 is 10.6 Å². The molecule has 5 heteroatoms. The first-order chi connectivity index (χ1) is 9.41. The maximum Gasteiger partial charge on any atom is 0.326 e. The molecule has 5 nitrogen and oxygen atoms in total. The molecule has 20 heavy (non-hydrogen) atoms. The minimum atomic E-state index is -0.929. The molecule has 3 N–H and O–H groups in total. The predicted molar refractivity (Wildman–Crippen MR) is 78.7 cm³/mol. The second kappa shape index (κ2) is 7.50. The van der Waals surface area contributed by atoms with Crippen LogP contribution in [-0.2, 0) is 4.79 Å². The van der Waals surface area contributed by atoms with Crippen molar-refractivity contribution in [1.82, 2.24) is 10.6 Å². The van der Waals surface area contributed by atoms with Gasteiger partial charge in [-0.15, -0.1) is 0 Å². The van der Waals surface area contributed by atoms with Gasteiger partial charge in [0.1, 0.15) is 6.04 Å². The number of carbonyl (C=O) groups excluding carboxylic acids is 1. The van der Waals surface area contributed by atoms with Gasteiger partial charge in [0.05, 0.1) is 0 Å². The van der Waals surface area contributed by atoms with Crippen LogP contribution in [0.1, 0.15) is 65.7 Å². The zero-order valence-electron chi connectivity index (χ0n) is 12.9. The minimum absolute atomic E-state index is 0.0570. The molecule has 1 saturated carbocycles. The molecule has 0 radical (unpaired) electrons. The summed E-state index contributed by atoms with van der Waals surface area (Å²) in [6, 6.07) is -1.14. The van der Waals surface area contributed by atoms with Crippen LogP contribution in [0.3, 0.4) is 0 Å². The lowest BCUT2D eigenvalue weighted by Crippen LogP contribution is -2.55. The Morgan fingerprint density at radius 2 is 1.75 bits per heavy atom. The highest BCUT2D eigenvalue weighted by molar-refractivity contribution is 5.83. The largest absolute Gasteiger partial charge is 0.480 e. The summed E-state index contributed by atoms with van der Waals surface area (Å²) in [6.07, 6.45) is 6.68. The van der Waals surface area contributed by atoms with E-state index in [4.69, 9.17) is 0 Å². The smallest absolute Gasteiger partial charge is 0.326 e. The fourth-order valence-electron chi connectivity index (χ4n) is 2.73. The van der Waals surface area contributed by atoms with Crippen LogP contribution in [-0.4, -0.2) is 28.7 Å². The van der Waals surface area contributed by atoms with Crippen molar-refractivity contribution in [1.29, 1.82) is 0 Å². The molecule has 1 aliphatic carbocycles. The normalized spacial score (nSPS) is 18.4. The van der Waals surface area contributed by atoms with Gasteiger partial charge in [-0.3, -0.25) is 0 Å². The molecular formula is C15H28N2O3. The Labute approximate surface area is 121 Å². The topological polar surface area (TPSA) is 78.4 Å². The van der Waals surface area contributed by atoms with Crippen molar-refractivity contribution in [2.24, 2.45) is 5.92 Å². The van der Waals surface area contributed by atoms with E-state index < -0.39 is 12.0 Å². The van der Waals surface area contributed by atoms with Crippen LogP contribution in [0.15, 0.2) is 0 Å². The molecule has 2 amide bonds. The molecular weight excluding hydrogens is 256 g/mol. The molecule has 0 bridgehead atoms. The molecule has 1 unspecified atom stereocenters. The number of aliphatic carboxylic acids is 1. The highest BCUT2D eigenvalue weighted by Gasteiger charge is 2.32. The Balaban J connectivity index is 2.61. The van der Waals surface area contributed by atoms with Crippen LogP contribution in [0.4, 0.5) is 4.79 Å². The number of hydrogen-bond donors (Lipinski definition) is 3. The second-order valence-corrected chi connectivity index (χ2v) is 6.08. The van der Waals surface area contributed by atoms with Gasteiger partial charge in [0.25, 0.3) is 0 Å². The van der Waals surface area contributed by atoms with E-state index in [1.165, 1.54) is 6.42 Å². The third-order valence-electron chi connectivity index (χ3n) is 4.65. The zero-order valence-corrected chi connectivity index (χ0v) is 12.9. The second-order valence-electron chi connectivity index (χ2n) is 6.08. The average molecular weight is 284 g/mol. The lowest BCUT2D eigenvalue weighted by Gasteiger charge is -2.32. The number of rotatable bonds is 6. The SMILES string of the molecule is CCC(C)(CC)NC(=O)NC(C(=O)O)C1CCCCC1. The Bertz CT molecular complexity index is 334. The average Bonchev–Trinajstić information content (AvgIpc) is 2.45. The third kappa shape index (κ3) is 4.69. The van der Waals surface area contributed by atoms with Gasteiger partial charge in [-0.1, -0.05) is 33.1 Å². The Morgan fingerprint density at radius 1 is 1.20 bits per heavy atom. The molecule has 0 aromatic carbocycles. The van der Waals surface area contributed by atoms with Crippen LogP contribution in [0.5, 0.6) is 0 Å². The van der Waals surface area contributed by atoms with Gasteiger partial charge in [0.2, 0.25) is 0 Å². The summed E-state index contributed by atoms with van der Waals surface area (Å²) in [4.78, 5) is 23.4. The molecule has 0 aromatic heterocycles. The van der Waals surface area contributed by atoms with E-state index in [0.717, 1.165) is 38.5 Å². The zero-order chi connectivity index (χ0) is 15.2. The maximum absolute atomic E-state index is 12.0. The quantitative estimate of drug-likeness (QED) is 0.701. The summed E-state index contributed by atoms with van der Waals surface area (Å²) in [5.74, 6) is -0.872. The predicted octanol–water partition coefficient (Wildman–Crippen LogP) is 2.90. The van der Waals surface area contributed by atoms with Crippen LogP contribution in [0.2, 0.25) is 0 Å². The molecule has 0 heterocycles. The van der Waals surface area contributed by atoms with Crippen molar-refractivity contribution < 1.29 is 14.7 Å². The van der Waals surface area contributed by atoms with E-state index in [-0.39, 0.29) is 17.5 Å². The molecule has 0 spiro atoms. The molecule has 1 fully saturated rings. The van der Waals surface area contributed by atoms with Crippen molar-refractivity contribution in [3.63, 3.8) is 0 Å². The summed E-state index contributed by atoms with van der Waals surface area (Å²) < 4.78 is 0. The fourth-order valence-corrected chi connectivity index (χ4v) is 2.73. The van der Waals surface area contributed by atoms with Crippen LogP contribution >= 0.6 is 0 Å². The molecule has 0 saturated heterocycles.